The number of carbonyl (C=O) groups excluding carboxylic acids is 2. The molecule has 0 saturated heterocycles. The van der Waals surface area contributed by atoms with E-state index < -0.39 is 0 Å². The molecule has 0 aromatic heterocycles. The zero-order chi connectivity index (χ0) is 42.3. The molecule has 0 spiro atoms. The third-order valence-corrected chi connectivity index (χ3v) is 10.5. The van der Waals surface area contributed by atoms with Crippen LogP contribution < -0.4 is 10.6 Å². The average molecular weight is 805 g/mol. The van der Waals surface area contributed by atoms with Gasteiger partial charge >= 0.3 is 0 Å². The zero-order valence-electron chi connectivity index (χ0n) is 37.1. The molecule has 2 aromatic carbocycles. The Morgan fingerprint density at radius 2 is 0.862 bits per heavy atom. The Labute approximate surface area is 354 Å². The zero-order valence-corrected chi connectivity index (χ0v) is 37.1. The van der Waals surface area contributed by atoms with Crippen molar-refractivity contribution in [1.29, 1.82) is 0 Å². The third kappa shape index (κ3) is 31.3. The number of nitrogens with one attached hydrogen (secondary N) is 2. The molecule has 2 amide bonds. The fourth-order valence-corrected chi connectivity index (χ4v) is 6.87. The van der Waals surface area contributed by atoms with E-state index in [1.807, 2.05) is 19.1 Å². The normalized spacial score (nSPS) is 11.2. The minimum Gasteiger partial charge on any atom is -0.508 e. The van der Waals surface area contributed by atoms with Gasteiger partial charge in [-0.1, -0.05) is 165 Å². The minimum atomic E-state index is -0.187. The van der Waals surface area contributed by atoms with Crippen LogP contribution in [0.3, 0.4) is 0 Å². The van der Waals surface area contributed by atoms with Gasteiger partial charge in [0.25, 0.3) is 0 Å². The number of allylic oxidation sites excluding steroid dienone is 4. The Balaban J connectivity index is 0.000000580. The SMILES string of the molecule is CCCCCCCC/C=C\CCCCCCCNC(=O)Cc1cc(C)ccc1O.CCCCCCCC/C=C\CCCCCCCNC(=O)Cc1ccc(O)c(O)c1. The summed E-state index contributed by atoms with van der Waals surface area (Å²) in [6.45, 7) is 7.91. The number of amides is 2. The molecule has 0 bridgehead atoms. The van der Waals surface area contributed by atoms with Gasteiger partial charge in [-0.2, -0.15) is 0 Å². The van der Waals surface area contributed by atoms with Crippen LogP contribution in [0.1, 0.15) is 197 Å². The summed E-state index contributed by atoms with van der Waals surface area (Å²) in [5, 5.41) is 34.4. The molecule has 2 aromatic rings. The van der Waals surface area contributed by atoms with E-state index in [1.54, 1.807) is 12.1 Å². The van der Waals surface area contributed by atoms with Crippen molar-refractivity contribution in [2.24, 2.45) is 0 Å². The Bertz CT molecular complexity index is 1370. The molecule has 2 rings (SSSR count). The molecule has 0 fully saturated rings. The Morgan fingerprint density at radius 1 is 0.466 bits per heavy atom. The Kier molecular flexibility index (Phi) is 33.8. The molecule has 0 saturated carbocycles. The molecule has 0 aliphatic carbocycles. The molecule has 7 heteroatoms. The highest BCUT2D eigenvalue weighted by Crippen LogP contribution is 2.25. The van der Waals surface area contributed by atoms with Crippen LogP contribution in [0.2, 0.25) is 0 Å². The maximum atomic E-state index is 12.0. The number of carbonyl (C=O) groups is 2. The van der Waals surface area contributed by atoms with Crippen LogP contribution >= 0.6 is 0 Å². The van der Waals surface area contributed by atoms with Gasteiger partial charge in [0.1, 0.15) is 5.75 Å². The molecule has 328 valence electrons. The molecular weight excluding hydrogens is 721 g/mol. The largest absolute Gasteiger partial charge is 0.508 e. The van der Waals surface area contributed by atoms with Crippen molar-refractivity contribution < 1.29 is 24.9 Å². The molecule has 0 radical (unpaired) electrons. The number of phenols is 3. The van der Waals surface area contributed by atoms with Crippen LogP contribution in [-0.4, -0.2) is 40.2 Å². The predicted octanol–water partition coefficient (Wildman–Crippen LogP) is 13.4. The van der Waals surface area contributed by atoms with Gasteiger partial charge in [0.2, 0.25) is 11.8 Å². The van der Waals surface area contributed by atoms with Gasteiger partial charge < -0.3 is 26.0 Å². The predicted molar refractivity (Wildman–Crippen MR) is 246 cm³/mol. The monoisotopic (exact) mass is 805 g/mol. The van der Waals surface area contributed by atoms with E-state index in [-0.39, 0.29) is 41.9 Å². The molecule has 5 N–H and O–H groups in total. The van der Waals surface area contributed by atoms with E-state index in [0.29, 0.717) is 17.7 Å². The van der Waals surface area contributed by atoms with Crippen LogP contribution in [-0.2, 0) is 22.4 Å². The number of aromatic hydroxyl groups is 3. The molecule has 0 atom stereocenters. The molecule has 0 heterocycles. The van der Waals surface area contributed by atoms with E-state index >= 15 is 0 Å². The van der Waals surface area contributed by atoms with Crippen molar-refractivity contribution in [2.75, 3.05) is 13.1 Å². The first kappa shape index (κ1) is 52.3. The van der Waals surface area contributed by atoms with Crippen LogP contribution in [0, 0.1) is 6.92 Å². The second-order valence-corrected chi connectivity index (χ2v) is 16.2. The summed E-state index contributed by atoms with van der Waals surface area (Å²) in [5.41, 5.74) is 2.46. The van der Waals surface area contributed by atoms with E-state index in [2.05, 4.69) is 48.8 Å². The summed E-state index contributed by atoms with van der Waals surface area (Å²) in [7, 11) is 0. The number of aryl methyl sites for hydroxylation is 1. The molecular formula is C51H84N2O5. The quantitative estimate of drug-likeness (QED) is 0.0274. The van der Waals surface area contributed by atoms with Gasteiger partial charge in [0.15, 0.2) is 11.5 Å². The lowest BCUT2D eigenvalue weighted by Crippen LogP contribution is -2.26. The topological polar surface area (TPSA) is 119 Å². The smallest absolute Gasteiger partial charge is 0.224 e. The maximum absolute atomic E-state index is 12.0. The second-order valence-electron chi connectivity index (χ2n) is 16.2. The lowest BCUT2D eigenvalue weighted by molar-refractivity contribution is -0.121. The van der Waals surface area contributed by atoms with Crippen molar-refractivity contribution in [3.8, 4) is 17.2 Å². The number of hydrogen-bond donors (Lipinski definition) is 5. The fraction of sp³-hybridized carbons (Fsp3) is 0.647. The molecule has 0 aliphatic heterocycles. The van der Waals surface area contributed by atoms with Crippen LogP contribution in [0.5, 0.6) is 17.2 Å². The van der Waals surface area contributed by atoms with E-state index in [4.69, 9.17) is 0 Å². The van der Waals surface area contributed by atoms with E-state index in [1.165, 1.54) is 153 Å². The first-order valence-electron chi connectivity index (χ1n) is 23.4. The molecule has 0 unspecified atom stereocenters. The number of benzene rings is 2. The Morgan fingerprint density at radius 3 is 1.31 bits per heavy atom. The number of unbranched alkanes of at least 4 members (excludes halogenated alkanes) is 22. The van der Waals surface area contributed by atoms with Gasteiger partial charge in [-0.05, 0) is 94.9 Å². The third-order valence-electron chi connectivity index (χ3n) is 10.5. The molecule has 7 nitrogen and oxygen atoms in total. The number of rotatable bonds is 34. The summed E-state index contributed by atoms with van der Waals surface area (Å²) < 4.78 is 0. The minimum absolute atomic E-state index is 0.0126. The summed E-state index contributed by atoms with van der Waals surface area (Å²) in [4.78, 5) is 23.9. The Hall–Kier alpha value is -3.74. The van der Waals surface area contributed by atoms with Crippen molar-refractivity contribution in [1.82, 2.24) is 10.6 Å². The van der Waals surface area contributed by atoms with Gasteiger partial charge in [0.05, 0.1) is 12.8 Å². The fourth-order valence-electron chi connectivity index (χ4n) is 6.87. The molecule has 0 aliphatic rings. The van der Waals surface area contributed by atoms with Crippen LogP contribution in [0.4, 0.5) is 0 Å². The van der Waals surface area contributed by atoms with Gasteiger partial charge in [-0.25, -0.2) is 0 Å². The van der Waals surface area contributed by atoms with Gasteiger partial charge in [0, 0.05) is 18.7 Å². The van der Waals surface area contributed by atoms with Crippen molar-refractivity contribution >= 4 is 11.8 Å². The summed E-state index contributed by atoms with van der Waals surface area (Å²) >= 11 is 0. The van der Waals surface area contributed by atoms with E-state index in [9.17, 15) is 24.9 Å². The average Bonchev–Trinajstić information content (AvgIpc) is 3.20. The highest BCUT2D eigenvalue weighted by Gasteiger charge is 2.08. The van der Waals surface area contributed by atoms with Gasteiger partial charge in [-0.3, -0.25) is 9.59 Å². The van der Waals surface area contributed by atoms with Crippen molar-refractivity contribution in [3.05, 3.63) is 77.4 Å². The highest BCUT2D eigenvalue weighted by molar-refractivity contribution is 5.79. The van der Waals surface area contributed by atoms with E-state index in [0.717, 1.165) is 37.8 Å². The highest BCUT2D eigenvalue weighted by atomic mass is 16.3. The summed E-state index contributed by atoms with van der Waals surface area (Å²) in [6, 6.07) is 9.86. The lowest BCUT2D eigenvalue weighted by atomic mass is 10.1. The van der Waals surface area contributed by atoms with Gasteiger partial charge in [-0.15, -0.1) is 0 Å². The number of hydrogen-bond acceptors (Lipinski definition) is 5. The lowest BCUT2D eigenvalue weighted by Gasteiger charge is -2.07. The standard InChI is InChI=1S/C26H43NO2.C25H41NO3/c1-3-4-5-6-7-8-9-10-11-12-13-14-15-16-17-20-27-26(29)22-24-21-23(2)18-19-25(24)28;1-2-3-4-5-6-7-8-9-10-11-12-13-14-15-16-19-26-25(29)21-22-17-18-23(27)24(28)20-22/h10-11,18-19,21,28H,3-9,12-17,20,22H2,1-2H3,(H,27,29);9-10,17-18,20,27-28H,2-8,11-16,19,21H2,1H3,(H,26,29)/b11-10-;10-9-. The molecule has 58 heavy (non-hydrogen) atoms. The summed E-state index contributed by atoms with van der Waals surface area (Å²) in [5.74, 6) is -0.214. The van der Waals surface area contributed by atoms with Crippen LogP contribution in [0.25, 0.3) is 0 Å². The van der Waals surface area contributed by atoms with Crippen LogP contribution in [0.15, 0.2) is 60.7 Å². The summed E-state index contributed by atoms with van der Waals surface area (Å²) in [6.07, 6.45) is 43.0. The van der Waals surface area contributed by atoms with Crippen molar-refractivity contribution in [2.45, 2.75) is 201 Å². The van der Waals surface area contributed by atoms with Crippen molar-refractivity contribution in [3.63, 3.8) is 0 Å². The first-order chi connectivity index (χ1) is 28.3. The first-order valence-corrected chi connectivity index (χ1v) is 23.4. The number of phenolic OH excluding ortho intramolecular Hbond substituents is 3. The second kappa shape index (κ2) is 37.5. The maximum Gasteiger partial charge on any atom is 0.224 e.